The molecule has 2 aliphatic heterocycles. The van der Waals surface area contributed by atoms with Crippen LogP contribution in [0.15, 0.2) is 0 Å². The molecular weight excluding hydrogens is 264 g/mol. The van der Waals surface area contributed by atoms with Gasteiger partial charge in [-0.1, -0.05) is 0 Å². The highest BCUT2D eigenvalue weighted by atomic mass is 16.5. The zero-order valence-electron chi connectivity index (χ0n) is 11.7. The molecule has 0 aromatic heterocycles. The molecule has 0 spiro atoms. The third-order valence-corrected chi connectivity index (χ3v) is 3.92. The van der Waals surface area contributed by atoms with E-state index in [2.05, 4.69) is 0 Å². The minimum atomic E-state index is -1.07. The summed E-state index contributed by atoms with van der Waals surface area (Å²) in [6.45, 7) is 2.05. The van der Waals surface area contributed by atoms with Gasteiger partial charge in [-0.2, -0.15) is 0 Å². The van der Waals surface area contributed by atoms with Crippen molar-refractivity contribution >= 4 is 12.0 Å². The zero-order chi connectivity index (χ0) is 14.7. The number of carbonyl (C=O) groups excluding carboxylic acids is 1. The minimum Gasteiger partial charge on any atom is -0.480 e. The standard InChI is InChI=1S/C13H22N2O5/c1-14(6-9-3-2-4-20-8-9)13(19)15-7-10(16)5-11(15)12(17)18/h9-11,16H,2-8H2,1H3,(H,17,18). The van der Waals surface area contributed by atoms with Crippen molar-refractivity contribution in [2.24, 2.45) is 5.92 Å². The van der Waals surface area contributed by atoms with E-state index in [9.17, 15) is 14.7 Å². The van der Waals surface area contributed by atoms with E-state index in [1.807, 2.05) is 0 Å². The fourth-order valence-electron chi connectivity index (χ4n) is 2.90. The lowest BCUT2D eigenvalue weighted by atomic mass is 10.0. The predicted molar refractivity (Wildman–Crippen MR) is 70.3 cm³/mol. The average molecular weight is 286 g/mol. The zero-order valence-corrected chi connectivity index (χ0v) is 11.7. The number of amides is 2. The molecular formula is C13H22N2O5. The van der Waals surface area contributed by atoms with Gasteiger partial charge in [0.05, 0.1) is 12.7 Å². The van der Waals surface area contributed by atoms with E-state index in [-0.39, 0.29) is 19.0 Å². The van der Waals surface area contributed by atoms with Gasteiger partial charge in [0, 0.05) is 39.1 Å². The Morgan fingerprint density at radius 3 is 2.80 bits per heavy atom. The average Bonchev–Trinajstić information content (AvgIpc) is 2.81. The molecule has 0 bridgehead atoms. The van der Waals surface area contributed by atoms with Crippen LogP contribution < -0.4 is 0 Å². The molecule has 2 rings (SSSR count). The van der Waals surface area contributed by atoms with Crippen LogP contribution in [-0.4, -0.2) is 77.5 Å². The topological polar surface area (TPSA) is 90.3 Å². The summed E-state index contributed by atoms with van der Waals surface area (Å²) in [5.74, 6) is -0.766. The number of hydrogen-bond acceptors (Lipinski definition) is 4. The molecule has 0 aromatic rings. The van der Waals surface area contributed by atoms with Crippen LogP contribution in [0.4, 0.5) is 4.79 Å². The van der Waals surface area contributed by atoms with E-state index in [1.54, 1.807) is 7.05 Å². The van der Waals surface area contributed by atoms with E-state index in [4.69, 9.17) is 9.84 Å². The highest BCUT2D eigenvalue weighted by Crippen LogP contribution is 2.21. The van der Waals surface area contributed by atoms with E-state index < -0.39 is 18.1 Å². The molecule has 3 unspecified atom stereocenters. The lowest BCUT2D eigenvalue weighted by Gasteiger charge is -2.31. The Labute approximate surface area is 118 Å². The predicted octanol–water partition coefficient (Wildman–Crippen LogP) is -0.0154. The van der Waals surface area contributed by atoms with Crippen LogP contribution in [0.2, 0.25) is 0 Å². The first-order valence-electron chi connectivity index (χ1n) is 6.99. The van der Waals surface area contributed by atoms with Gasteiger partial charge in [0.1, 0.15) is 6.04 Å². The summed E-state index contributed by atoms with van der Waals surface area (Å²) in [4.78, 5) is 26.2. The first-order valence-corrected chi connectivity index (χ1v) is 6.99. The Bertz CT molecular complexity index is 370. The molecule has 2 fully saturated rings. The molecule has 2 saturated heterocycles. The third kappa shape index (κ3) is 3.40. The van der Waals surface area contributed by atoms with Crippen molar-refractivity contribution in [3.05, 3.63) is 0 Å². The number of carbonyl (C=O) groups is 2. The number of nitrogens with zero attached hydrogens (tertiary/aromatic N) is 2. The Balaban J connectivity index is 1.93. The summed E-state index contributed by atoms with van der Waals surface area (Å²) < 4.78 is 5.38. The Morgan fingerprint density at radius 2 is 2.20 bits per heavy atom. The Hall–Kier alpha value is -1.34. The van der Waals surface area contributed by atoms with Crippen molar-refractivity contribution in [2.45, 2.75) is 31.4 Å². The van der Waals surface area contributed by atoms with Crippen molar-refractivity contribution < 1.29 is 24.5 Å². The number of ether oxygens (including phenoxy) is 1. The van der Waals surface area contributed by atoms with Crippen LogP contribution in [0.3, 0.4) is 0 Å². The van der Waals surface area contributed by atoms with Crippen molar-refractivity contribution in [1.82, 2.24) is 9.80 Å². The maximum Gasteiger partial charge on any atom is 0.326 e. The van der Waals surface area contributed by atoms with E-state index in [0.29, 0.717) is 19.1 Å². The van der Waals surface area contributed by atoms with Gasteiger partial charge in [0.15, 0.2) is 0 Å². The van der Waals surface area contributed by atoms with Crippen LogP contribution in [0, 0.1) is 5.92 Å². The van der Waals surface area contributed by atoms with Crippen molar-refractivity contribution in [1.29, 1.82) is 0 Å². The largest absolute Gasteiger partial charge is 0.480 e. The van der Waals surface area contributed by atoms with Crippen molar-refractivity contribution in [2.75, 3.05) is 33.4 Å². The van der Waals surface area contributed by atoms with Gasteiger partial charge in [0.25, 0.3) is 0 Å². The van der Waals surface area contributed by atoms with E-state index in [1.165, 1.54) is 9.80 Å². The number of carboxylic acids is 1. The van der Waals surface area contributed by atoms with Gasteiger partial charge in [-0.05, 0) is 12.8 Å². The summed E-state index contributed by atoms with van der Waals surface area (Å²) in [6.07, 6.45) is 1.35. The van der Waals surface area contributed by atoms with Gasteiger partial charge < -0.3 is 24.7 Å². The van der Waals surface area contributed by atoms with E-state index in [0.717, 1.165) is 19.4 Å². The van der Waals surface area contributed by atoms with Crippen molar-refractivity contribution in [3.8, 4) is 0 Å². The highest BCUT2D eigenvalue weighted by molar-refractivity contribution is 5.83. The molecule has 7 heteroatoms. The molecule has 0 radical (unpaired) electrons. The molecule has 114 valence electrons. The molecule has 20 heavy (non-hydrogen) atoms. The van der Waals surface area contributed by atoms with Crippen LogP contribution in [0.25, 0.3) is 0 Å². The number of β-amino-alcohol motifs (C(OH)–C–C–N with tert-alkyl or cyclic N) is 1. The highest BCUT2D eigenvalue weighted by Gasteiger charge is 2.40. The fourth-order valence-corrected chi connectivity index (χ4v) is 2.90. The number of aliphatic hydroxyl groups is 1. The smallest absolute Gasteiger partial charge is 0.326 e. The lowest BCUT2D eigenvalue weighted by molar-refractivity contribution is -0.141. The van der Waals surface area contributed by atoms with Gasteiger partial charge in [-0.15, -0.1) is 0 Å². The molecule has 0 aromatic carbocycles. The first kappa shape index (κ1) is 15.1. The number of hydrogen-bond donors (Lipinski definition) is 2. The monoisotopic (exact) mass is 286 g/mol. The van der Waals surface area contributed by atoms with Gasteiger partial charge in [-0.3, -0.25) is 0 Å². The number of likely N-dealkylation sites (tertiary alicyclic amines) is 1. The molecule has 3 atom stereocenters. The maximum atomic E-state index is 12.3. The molecule has 2 aliphatic rings. The fraction of sp³-hybridized carbons (Fsp3) is 0.846. The second-order valence-electron chi connectivity index (χ2n) is 5.64. The summed E-state index contributed by atoms with van der Waals surface area (Å²) in [7, 11) is 1.67. The summed E-state index contributed by atoms with van der Waals surface area (Å²) in [5, 5.41) is 18.7. The summed E-state index contributed by atoms with van der Waals surface area (Å²) >= 11 is 0. The molecule has 2 amide bonds. The van der Waals surface area contributed by atoms with Crippen LogP contribution in [0.5, 0.6) is 0 Å². The quantitative estimate of drug-likeness (QED) is 0.761. The second-order valence-corrected chi connectivity index (χ2v) is 5.64. The summed E-state index contributed by atoms with van der Waals surface area (Å²) in [5.41, 5.74) is 0. The van der Waals surface area contributed by atoms with Crippen LogP contribution >= 0.6 is 0 Å². The van der Waals surface area contributed by atoms with Gasteiger partial charge >= 0.3 is 12.0 Å². The van der Waals surface area contributed by atoms with Gasteiger partial charge in [-0.25, -0.2) is 9.59 Å². The molecule has 0 aliphatic carbocycles. The molecule has 0 saturated carbocycles. The minimum absolute atomic E-state index is 0.0846. The van der Waals surface area contributed by atoms with Crippen LogP contribution in [0.1, 0.15) is 19.3 Å². The SMILES string of the molecule is CN(CC1CCCOC1)C(=O)N1CC(O)CC1C(=O)O. The normalized spacial score (nSPS) is 30.3. The third-order valence-electron chi connectivity index (χ3n) is 3.92. The van der Waals surface area contributed by atoms with Gasteiger partial charge in [0.2, 0.25) is 0 Å². The Morgan fingerprint density at radius 1 is 1.45 bits per heavy atom. The number of carboxylic acid groups (broad SMARTS) is 1. The molecule has 7 nitrogen and oxygen atoms in total. The molecule has 2 heterocycles. The number of aliphatic hydroxyl groups excluding tert-OH is 1. The van der Waals surface area contributed by atoms with Crippen molar-refractivity contribution in [3.63, 3.8) is 0 Å². The maximum absolute atomic E-state index is 12.3. The number of urea groups is 1. The van der Waals surface area contributed by atoms with Crippen LogP contribution in [-0.2, 0) is 9.53 Å². The molecule has 2 N–H and O–H groups in total. The van der Waals surface area contributed by atoms with E-state index >= 15 is 0 Å². The summed E-state index contributed by atoms with van der Waals surface area (Å²) in [6, 6.07) is -1.26. The first-order chi connectivity index (χ1) is 9.49. The Kier molecular flexibility index (Phi) is 4.82. The number of aliphatic carboxylic acids is 1. The number of rotatable bonds is 3. The lowest BCUT2D eigenvalue weighted by Crippen LogP contribution is -2.48. The second kappa shape index (κ2) is 6.41.